The second kappa shape index (κ2) is 5.16. The Labute approximate surface area is 93.6 Å². The monoisotopic (exact) mass is 222 g/mol. The molecular weight excluding hydrogens is 208 g/mol. The van der Waals surface area contributed by atoms with Crippen LogP contribution in [0, 0.1) is 6.92 Å². The predicted octanol–water partition coefficient (Wildman–Crippen LogP) is 0.480. The number of esters is 1. The Balaban J connectivity index is 2.70. The second-order valence-electron chi connectivity index (χ2n) is 3.33. The molecule has 0 aliphatic heterocycles. The van der Waals surface area contributed by atoms with E-state index in [0.29, 0.717) is 11.3 Å². The summed E-state index contributed by atoms with van der Waals surface area (Å²) in [5, 5.41) is 2.46. The highest BCUT2D eigenvalue weighted by atomic mass is 16.5. The topological polar surface area (TPSA) is 81.4 Å². The molecular formula is C11H14N2O3. The second-order valence-corrected chi connectivity index (χ2v) is 3.33. The van der Waals surface area contributed by atoms with E-state index >= 15 is 0 Å². The zero-order valence-corrected chi connectivity index (χ0v) is 9.24. The molecule has 0 atom stereocenters. The Bertz CT molecular complexity index is 416. The van der Waals surface area contributed by atoms with E-state index in [2.05, 4.69) is 10.1 Å². The Kier molecular flexibility index (Phi) is 3.88. The van der Waals surface area contributed by atoms with Crippen molar-refractivity contribution in [1.82, 2.24) is 5.32 Å². The van der Waals surface area contributed by atoms with Crippen molar-refractivity contribution in [3.05, 3.63) is 29.3 Å². The quantitative estimate of drug-likeness (QED) is 0.575. The summed E-state index contributed by atoms with van der Waals surface area (Å²) in [7, 11) is 1.27. The largest absolute Gasteiger partial charge is 0.468 e. The van der Waals surface area contributed by atoms with Gasteiger partial charge >= 0.3 is 5.97 Å². The van der Waals surface area contributed by atoms with Crippen LogP contribution in [0.15, 0.2) is 18.2 Å². The number of rotatable bonds is 3. The van der Waals surface area contributed by atoms with Crippen molar-refractivity contribution in [3.63, 3.8) is 0 Å². The Morgan fingerprint density at radius 2 is 2.12 bits per heavy atom. The molecule has 0 spiro atoms. The molecule has 1 rings (SSSR count). The highest BCUT2D eigenvalue weighted by molar-refractivity contribution is 5.97. The molecule has 0 aromatic heterocycles. The number of ether oxygens (including phenoxy) is 1. The molecule has 0 saturated carbocycles. The van der Waals surface area contributed by atoms with Crippen LogP contribution >= 0.6 is 0 Å². The third kappa shape index (κ3) is 2.98. The molecule has 0 unspecified atom stereocenters. The summed E-state index contributed by atoms with van der Waals surface area (Å²) >= 11 is 0. The average Bonchev–Trinajstić information content (AvgIpc) is 2.25. The number of nitrogens with one attached hydrogen (secondary N) is 1. The van der Waals surface area contributed by atoms with Gasteiger partial charge in [0.05, 0.1) is 7.11 Å². The average molecular weight is 222 g/mol. The Morgan fingerprint density at radius 3 is 2.69 bits per heavy atom. The molecule has 0 aliphatic rings. The first-order valence-electron chi connectivity index (χ1n) is 4.75. The number of carbonyl (C=O) groups is 2. The molecule has 0 fully saturated rings. The van der Waals surface area contributed by atoms with Gasteiger partial charge in [0.25, 0.3) is 5.91 Å². The van der Waals surface area contributed by atoms with Crippen molar-refractivity contribution < 1.29 is 14.3 Å². The molecule has 5 nitrogen and oxygen atoms in total. The fraction of sp³-hybridized carbons (Fsp3) is 0.273. The third-order valence-electron chi connectivity index (χ3n) is 2.12. The van der Waals surface area contributed by atoms with Crippen LogP contribution in [0.5, 0.6) is 0 Å². The van der Waals surface area contributed by atoms with E-state index in [4.69, 9.17) is 5.73 Å². The van der Waals surface area contributed by atoms with Crippen LogP contribution in [0.4, 0.5) is 5.69 Å². The van der Waals surface area contributed by atoms with Crippen molar-refractivity contribution in [2.24, 2.45) is 0 Å². The maximum atomic E-state index is 11.6. The molecule has 0 saturated heterocycles. The summed E-state index contributed by atoms with van der Waals surface area (Å²) in [4.78, 5) is 22.5. The van der Waals surface area contributed by atoms with E-state index < -0.39 is 5.97 Å². The maximum absolute atomic E-state index is 11.6. The van der Waals surface area contributed by atoms with Crippen LogP contribution < -0.4 is 11.1 Å². The maximum Gasteiger partial charge on any atom is 0.325 e. The lowest BCUT2D eigenvalue weighted by molar-refractivity contribution is -0.139. The van der Waals surface area contributed by atoms with Gasteiger partial charge in [-0.05, 0) is 30.7 Å². The Hall–Kier alpha value is -2.04. The van der Waals surface area contributed by atoms with Crippen molar-refractivity contribution in [2.45, 2.75) is 6.92 Å². The number of nitrogen functional groups attached to an aromatic ring is 1. The molecule has 86 valence electrons. The zero-order valence-electron chi connectivity index (χ0n) is 9.24. The molecule has 0 aliphatic carbocycles. The number of nitrogens with two attached hydrogens (primary N) is 1. The normalized spacial score (nSPS) is 9.62. The summed E-state index contributed by atoms with van der Waals surface area (Å²) in [6, 6.07) is 4.96. The van der Waals surface area contributed by atoms with Gasteiger partial charge in [0.2, 0.25) is 0 Å². The van der Waals surface area contributed by atoms with E-state index in [0.717, 1.165) is 5.56 Å². The van der Waals surface area contributed by atoms with Crippen LogP contribution in [-0.4, -0.2) is 25.5 Å². The van der Waals surface area contributed by atoms with E-state index in [1.54, 1.807) is 25.1 Å². The summed E-state index contributed by atoms with van der Waals surface area (Å²) in [5.74, 6) is -0.802. The number of anilines is 1. The zero-order chi connectivity index (χ0) is 12.1. The summed E-state index contributed by atoms with van der Waals surface area (Å²) in [6.07, 6.45) is 0. The van der Waals surface area contributed by atoms with E-state index in [1.165, 1.54) is 7.11 Å². The van der Waals surface area contributed by atoms with Crippen molar-refractivity contribution in [2.75, 3.05) is 19.4 Å². The number of hydrogen-bond acceptors (Lipinski definition) is 4. The molecule has 0 bridgehead atoms. The van der Waals surface area contributed by atoms with Gasteiger partial charge in [-0.2, -0.15) is 0 Å². The van der Waals surface area contributed by atoms with Crippen LogP contribution in [0.25, 0.3) is 0 Å². The van der Waals surface area contributed by atoms with Crippen LogP contribution in [0.2, 0.25) is 0 Å². The smallest absolute Gasteiger partial charge is 0.325 e. The number of amides is 1. The van der Waals surface area contributed by atoms with E-state index in [-0.39, 0.29) is 12.5 Å². The summed E-state index contributed by atoms with van der Waals surface area (Å²) in [5.41, 5.74) is 7.43. The van der Waals surface area contributed by atoms with Crippen LogP contribution in [-0.2, 0) is 9.53 Å². The fourth-order valence-corrected chi connectivity index (χ4v) is 1.26. The lowest BCUT2D eigenvalue weighted by atomic mass is 10.1. The highest BCUT2D eigenvalue weighted by Gasteiger charge is 2.10. The van der Waals surface area contributed by atoms with Gasteiger partial charge < -0.3 is 15.8 Å². The van der Waals surface area contributed by atoms with Gasteiger partial charge in [-0.15, -0.1) is 0 Å². The number of aryl methyl sites for hydroxylation is 1. The first kappa shape index (κ1) is 12.0. The van der Waals surface area contributed by atoms with Gasteiger partial charge in [0, 0.05) is 11.3 Å². The van der Waals surface area contributed by atoms with Gasteiger partial charge in [-0.3, -0.25) is 9.59 Å². The molecule has 16 heavy (non-hydrogen) atoms. The van der Waals surface area contributed by atoms with E-state index in [9.17, 15) is 9.59 Å². The van der Waals surface area contributed by atoms with Gasteiger partial charge in [-0.25, -0.2) is 0 Å². The van der Waals surface area contributed by atoms with Crippen LogP contribution in [0.1, 0.15) is 15.9 Å². The molecule has 1 amide bonds. The molecule has 3 N–H and O–H groups in total. The first-order valence-corrected chi connectivity index (χ1v) is 4.75. The fourth-order valence-electron chi connectivity index (χ4n) is 1.26. The molecule has 1 aromatic carbocycles. The van der Waals surface area contributed by atoms with Gasteiger partial charge in [0.1, 0.15) is 6.54 Å². The summed E-state index contributed by atoms with van der Waals surface area (Å²) < 4.78 is 4.41. The lowest BCUT2D eigenvalue weighted by Crippen LogP contribution is -2.30. The third-order valence-corrected chi connectivity index (χ3v) is 2.12. The minimum Gasteiger partial charge on any atom is -0.468 e. The molecule has 5 heteroatoms. The standard InChI is InChI=1S/C11H14N2O3/c1-7-5-8(12)3-4-9(7)11(15)13-6-10(14)16-2/h3-5H,6,12H2,1-2H3,(H,13,15). The lowest BCUT2D eigenvalue weighted by Gasteiger charge is -2.07. The molecule has 1 aromatic rings. The minimum atomic E-state index is -0.485. The van der Waals surface area contributed by atoms with Gasteiger partial charge in [-0.1, -0.05) is 0 Å². The molecule has 0 radical (unpaired) electrons. The van der Waals surface area contributed by atoms with E-state index in [1.807, 2.05) is 0 Å². The number of hydrogen-bond donors (Lipinski definition) is 2. The number of methoxy groups -OCH3 is 1. The SMILES string of the molecule is COC(=O)CNC(=O)c1ccc(N)cc1C. The minimum absolute atomic E-state index is 0.140. The van der Waals surface area contributed by atoms with Crippen molar-refractivity contribution in [3.8, 4) is 0 Å². The first-order chi connectivity index (χ1) is 7.54. The van der Waals surface area contributed by atoms with Gasteiger partial charge in [0.15, 0.2) is 0 Å². The number of carbonyl (C=O) groups excluding carboxylic acids is 2. The number of benzene rings is 1. The van der Waals surface area contributed by atoms with Crippen molar-refractivity contribution >= 4 is 17.6 Å². The molecule has 0 heterocycles. The highest BCUT2D eigenvalue weighted by Crippen LogP contribution is 2.11. The van der Waals surface area contributed by atoms with Crippen molar-refractivity contribution in [1.29, 1.82) is 0 Å². The van der Waals surface area contributed by atoms with Crippen LogP contribution in [0.3, 0.4) is 0 Å². The Morgan fingerprint density at radius 1 is 1.44 bits per heavy atom. The summed E-state index contributed by atoms with van der Waals surface area (Å²) in [6.45, 7) is 1.64. The predicted molar refractivity (Wildman–Crippen MR) is 59.9 cm³/mol.